The lowest BCUT2D eigenvalue weighted by atomic mass is 9.78. The first-order valence-electron chi connectivity index (χ1n) is 5.09. The average molecular weight is 168 g/mol. The van der Waals surface area contributed by atoms with Crippen LogP contribution in [0.1, 0.15) is 38.5 Å². The van der Waals surface area contributed by atoms with Gasteiger partial charge in [-0.15, -0.1) is 0 Å². The van der Waals surface area contributed by atoms with E-state index in [9.17, 15) is 10.2 Å². The molecular formula is C10H16O2. The lowest BCUT2D eigenvalue weighted by Gasteiger charge is -2.33. The van der Waals surface area contributed by atoms with E-state index >= 15 is 0 Å². The molecule has 4 atom stereocenters. The summed E-state index contributed by atoms with van der Waals surface area (Å²) in [6.07, 6.45) is 5.83. The molecule has 0 aromatic rings. The van der Waals surface area contributed by atoms with E-state index in [2.05, 4.69) is 0 Å². The van der Waals surface area contributed by atoms with Crippen LogP contribution >= 0.6 is 0 Å². The molecule has 3 rings (SSSR count). The van der Waals surface area contributed by atoms with Crippen LogP contribution in [0.2, 0.25) is 0 Å². The minimum absolute atomic E-state index is 0.427. The van der Waals surface area contributed by atoms with Crippen LogP contribution in [0.25, 0.3) is 0 Å². The summed E-state index contributed by atoms with van der Waals surface area (Å²) in [5.41, 5.74) is -0.953. The molecule has 2 heteroatoms. The predicted octanol–water partition coefficient (Wildman–Crippen LogP) is 1.06. The molecule has 2 N–H and O–H groups in total. The second-order valence-electron chi connectivity index (χ2n) is 5.03. The minimum atomic E-state index is -0.476. The van der Waals surface area contributed by atoms with Crippen LogP contribution < -0.4 is 0 Å². The topological polar surface area (TPSA) is 40.5 Å². The third-order valence-corrected chi connectivity index (χ3v) is 4.50. The average Bonchev–Trinajstić information content (AvgIpc) is 2.58. The van der Waals surface area contributed by atoms with Crippen LogP contribution in [0.15, 0.2) is 0 Å². The summed E-state index contributed by atoms with van der Waals surface area (Å²) >= 11 is 0. The Bertz CT molecular complexity index is 206. The summed E-state index contributed by atoms with van der Waals surface area (Å²) < 4.78 is 0. The van der Waals surface area contributed by atoms with Gasteiger partial charge >= 0.3 is 0 Å². The van der Waals surface area contributed by atoms with Gasteiger partial charge in [0.15, 0.2) is 0 Å². The fourth-order valence-electron chi connectivity index (χ4n) is 4.02. The van der Waals surface area contributed by atoms with Crippen molar-refractivity contribution in [3.8, 4) is 0 Å². The van der Waals surface area contributed by atoms with Crippen LogP contribution in [0.5, 0.6) is 0 Å². The highest BCUT2D eigenvalue weighted by Gasteiger charge is 2.65. The summed E-state index contributed by atoms with van der Waals surface area (Å²) in [5, 5.41) is 20.4. The minimum Gasteiger partial charge on any atom is -0.389 e. The van der Waals surface area contributed by atoms with Gasteiger partial charge in [-0.1, -0.05) is 6.42 Å². The van der Waals surface area contributed by atoms with Crippen molar-refractivity contribution in [2.45, 2.75) is 49.7 Å². The second-order valence-corrected chi connectivity index (χ2v) is 5.03. The molecule has 0 aromatic heterocycles. The highest BCUT2D eigenvalue weighted by molar-refractivity contribution is 5.16. The van der Waals surface area contributed by atoms with Crippen molar-refractivity contribution in [3.63, 3.8) is 0 Å². The lowest BCUT2D eigenvalue weighted by molar-refractivity contribution is -0.0287. The molecule has 3 fully saturated rings. The first kappa shape index (κ1) is 7.34. The monoisotopic (exact) mass is 168 g/mol. The zero-order valence-corrected chi connectivity index (χ0v) is 7.29. The molecule has 0 saturated heterocycles. The van der Waals surface area contributed by atoms with Crippen molar-refractivity contribution < 1.29 is 10.2 Å². The normalized spacial score (nSPS) is 62.5. The Morgan fingerprint density at radius 3 is 1.92 bits per heavy atom. The number of hydrogen-bond donors (Lipinski definition) is 2. The first-order valence-corrected chi connectivity index (χ1v) is 5.09. The van der Waals surface area contributed by atoms with Crippen molar-refractivity contribution in [1.29, 1.82) is 0 Å². The number of fused-ring (bicyclic) bond motifs is 5. The van der Waals surface area contributed by atoms with E-state index in [1.807, 2.05) is 0 Å². The zero-order chi connectivity index (χ0) is 8.40. The molecule has 0 aromatic carbocycles. The maximum Gasteiger partial charge on any atom is 0.0708 e. The summed E-state index contributed by atoms with van der Waals surface area (Å²) in [7, 11) is 0. The highest BCUT2D eigenvalue weighted by Crippen LogP contribution is 2.62. The molecule has 12 heavy (non-hydrogen) atoms. The SMILES string of the molecule is OC12CCC(O)(C1)C1CCCC12. The summed E-state index contributed by atoms with van der Waals surface area (Å²) in [4.78, 5) is 0. The van der Waals surface area contributed by atoms with Crippen molar-refractivity contribution in [2.75, 3.05) is 0 Å². The van der Waals surface area contributed by atoms with Gasteiger partial charge in [-0.2, -0.15) is 0 Å². The van der Waals surface area contributed by atoms with Gasteiger partial charge in [0.25, 0.3) is 0 Å². The molecule has 3 aliphatic carbocycles. The molecule has 3 saturated carbocycles. The van der Waals surface area contributed by atoms with E-state index in [4.69, 9.17) is 0 Å². The predicted molar refractivity (Wildman–Crippen MR) is 44.6 cm³/mol. The maximum atomic E-state index is 10.2. The van der Waals surface area contributed by atoms with Crippen molar-refractivity contribution in [1.82, 2.24) is 0 Å². The fourth-order valence-corrected chi connectivity index (χ4v) is 4.02. The number of rotatable bonds is 0. The van der Waals surface area contributed by atoms with Crippen LogP contribution in [0, 0.1) is 11.8 Å². The Morgan fingerprint density at radius 2 is 1.42 bits per heavy atom. The van der Waals surface area contributed by atoms with E-state index < -0.39 is 11.2 Å². The molecule has 2 bridgehead atoms. The molecule has 2 nitrogen and oxygen atoms in total. The molecular weight excluding hydrogens is 152 g/mol. The Kier molecular flexibility index (Phi) is 1.15. The molecule has 68 valence electrons. The Balaban J connectivity index is 2.03. The van der Waals surface area contributed by atoms with E-state index in [0.29, 0.717) is 18.3 Å². The van der Waals surface area contributed by atoms with Gasteiger partial charge in [0, 0.05) is 6.42 Å². The largest absolute Gasteiger partial charge is 0.389 e. The summed E-state index contributed by atoms with van der Waals surface area (Å²) in [6.45, 7) is 0. The van der Waals surface area contributed by atoms with Crippen LogP contribution in [0.3, 0.4) is 0 Å². The van der Waals surface area contributed by atoms with Gasteiger partial charge in [0.2, 0.25) is 0 Å². The van der Waals surface area contributed by atoms with Gasteiger partial charge in [-0.25, -0.2) is 0 Å². The van der Waals surface area contributed by atoms with Gasteiger partial charge in [-0.05, 0) is 37.5 Å². The third kappa shape index (κ3) is 0.647. The van der Waals surface area contributed by atoms with Gasteiger partial charge < -0.3 is 10.2 Å². The molecule has 0 aliphatic heterocycles. The Morgan fingerprint density at radius 1 is 0.917 bits per heavy atom. The number of hydrogen-bond acceptors (Lipinski definition) is 2. The van der Waals surface area contributed by atoms with E-state index in [0.717, 1.165) is 25.7 Å². The first-order chi connectivity index (χ1) is 5.64. The molecule has 0 radical (unpaired) electrons. The third-order valence-electron chi connectivity index (χ3n) is 4.50. The van der Waals surface area contributed by atoms with E-state index in [1.165, 1.54) is 6.42 Å². The van der Waals surface area contributed by atoms with E-state index in [1.54, 1.807) is 0 Å². The Hall–Kier alpha value is -0.0800. The smallest absolute Gasteiger partial charge is 0.0708 e. The maximum absolute atomic E-state index is 10.2. The van der Waals surface area contributed by atoms with Crippen molar-refractivity contribution in [3.05, 3.63) is 0 Å². The van der Waals surface area contributed by atoms with Crippen LogP contribution in [0.4, 0.5) is 0 Å². The number of aliphatic hydroxyl groups is 2. The lowest BCUT2D eigenvalue weighted by Crippen LogP contribution is -2.37. The van der Waals surface area contributed by atoms with Gasteiger partial charge in [0.1, 0.15) is 0 Å². The quantitative estimate of drug-likeness (QED) is 0.568. The van der Waals surface area contributed by atoms with Crippen LogP contribution in [-0.4, -0.2) is 21.4 Å². The zero-order valence-electron chi connectivity index (χ0n) is 7.29. The molecule has 4 unspecified atom stereocenters. The van der Waals surface area contributed by atoms with Crippen LogP contribution in [-0.2, 0) is 0 Å². The molecule has 0 spiro atoms. The molecule has 3 aliphatic rings. The van der Waals surface area contributed by atoms with Gasteiger partial charge in [0.05, 0.1) is 11.2 Å². The standard InChI is InChI=1S/C10H16O2/c11-9-4-5-10(12,6-9)8-3-1-2-7(8)9/h7-8,11-12H,1-6H2. The van der Waals surface area contributed by atoms with E-state index in [-0.39, 0.29) is 0 Å². The van der Waals surface area contributed by atoms with Gasteiger partial charge in [-0.3, -0.25) is 0 Å². The highest BCUT2D eigenvalue weighted by atomic mass is 16.3. The second kappa shape index (κ2) is 1.88. The Labute approximate surface area is 72.6 Å². The fraction of sp³-hybridized carbons (Fsp3) is 1.00. The summed E-state index contributed by atoms with van der Waals surface area (Å²) in [5.74, 6) is 0.854. The molecule has 0 amide bonds. The van der Waals surface area contributed by atoms with Crippen molar-refractivity contribution in [2.24, 2.45) is 11.8 Å². The summed E-state index contributed by atoms with van der Waals surface area (Å²) in [6, 6.07) is 0. The molecule has 0 heterocycles. The van der Waals surface area contributed by atoms with Crippen molar-refractivity contribution >= 4 is 0 Å².